The number of nitrogens with zero attached hydrogens (tertiary/aromatic N) is 2. The molecule has 1 fully saturated rings. The van der Waals surface area contributed by atoms with Crippen LogP contribution in [-0.2, 0) is 11.2 Å². The van der Waals surface area contributed by atoms with Crippen LogP contribution in [0, 0.1) is 0 Å². The maximum Gasteiger partial charge on any atom is 0.349 e. The van der Waals surface area contributed by atoms with Gasteiger partial charge in [0.15, 0.2) is 0 Å². The van der Waals surface area contributed by atoms with Crippen LogP contribution < -0.4 is 5.63 Å². The van der Waals surface area contributed by atoms with E-state index < -0.39 is 5.63 Å². The van der Waals surface area contributed by atoms with Crippen molar-refractivity contribution >= 4 is 22.8 Å². The molecule has 0 radical (unpaired) electrons. The Morgan fingerprint density at radius 3 is 2.52 bits per heavy atom. The van der Waals surface area contributed by atoms with Gasteiger partial charge >= 0.3 is 5.63 Å². The average molecular weight is 365 g/mol. The third kappa shape index (κ3) is 3.48. The summed E-state index contributed by atoms with van der Waals surface area (Å²) >= 11 is 0. The van der Waals surface area contributed by atoms with E-state index in [2.05, 4.69) is 4.98 Å². The van der Waals surface area contributed by atoms with E-state index in [1.54, 1.807) is 46.5 Å². The Balaban J connectivity index is 1.43. The number of piperazine rings is 1. The number of nitrogens with one attached hydrogen (secondary N) is 1. The summed E-state index contributed by atoms with van der Waals surface area (Å²) in [5.41, 5.74) is 0.789. The molecule has 7 nitrogen and oxygen atoms in total. The zero-order chi connectivity index (χ0) is 18.8. The van der Waals surface area contributed by atoms with Gasteiger partial charge in [-0.1, -0.05) is 18.2 Å². The van der Waals surface area contributed by atoms with Gasteiger partial charge in [0.2, 0.25) is 5.91 Å². The molecular formula is C20H19N3O4. The highest BCUT2D eigenvalue weighted by molar-refractivity contribution is 5.96. The van der Waals surface area contributed by atoms with E-state index >= 15 is 0 Å². The van der Waals surface area contributed by atoms with E-state index in [1.165, 1.54) is 0 Å². The van der Waals surface area contributed by atoms with Crippen LogP contribution >= 0.6 is 0 Å². The summed E-state index contributed by atoms with van der Waals surface area (Å²) in [4.78, 5) is 43.6. The number of rotatable bonds is 3. The zero-order valence-corrected chi connectivity index (χ0v) is 14.7. The first-order valence-corrected chi connectivity index (χ1v) is 8.83. The number of hydrogen-bond acceptors (Lipinski definition) is 4. The van der Waals surface area contributed by atoms with E-state index in [0.29, 0.717) is 43.6 Å². The lowest BCUT2D eigenvalue weighted by Gasteiger charge is -2.34. The van der Waals surface area contributed by atoms with Crippen molar-refractivity contribution in [3.8, 4) is 0 Å². The molecule has 1 saturated heterocycles. The first kappa shape index (κ1) is 17.1. The lowest BCUT2D eigenvalue weighted by Crippen LogP contribution is -2.51. The van der Waals surface area contributed by atoms with Crippen LogP contribution in [0.1, 0.15) is 15.9 Å². The number of carbonyl (C=O) groups excluding carboxylic acids is 2. The van der Waals surface area contributed by atoms with E-state index in [9.17, 15) is 14.4 Å². The molecule has 1 aromatic carbocycles. The minimum atomic E-state index is -0.635. The molecule has 1 aliphatic heterocycles. The van der Waals surface area contributed by atoms with Crippen molar-refractivity contribution in [2.75, 3.05) is 26.2 Å². The van der Waals surface area contributed by atoms with Crippen LogP contribution in [0.5, 0.6) is 0 Å². The number of para-hydroxylation sites is 1. The van der Waals surface area contributed by atoms with Crippen molar-refractivity contribution in [2.24, 2.45) is 0 Å². The molecule has 0 bridgehead atoms. The highest BCUT2D eigenvalue weighted by atomic mass is 16.4. The highest BCUT2D eigenvalue weighted by Gasteiger charge is 2.26. The fraction of sp³-hybridized carbons (Fsp3) is 0.250. The fourth-order valence-electron chi connectivity index (χ4n) is 3.30. The molecule has 2 amide bonds. The van der Waals surface area contributed by atoms with Gasteiger partial charge in [-0.05, 0) is 23.8 Å². The van der Waals surface area contributed by atoms with Crippen LogP contribution in [0.25, 0.3) is 11.0 Å². The van der Waals surface area contributed by atoms with Crippen molar-refractivity contribution in [3.05, 3.63) is 70.3 Å². The molecule has 2 aromatic heterocycles. The summed E-state index contributed by atoms with van der Waals surface area (Å²) < 4.78 is 5.25. The standard InChI is InChI=1S/C20H19N3O4/c24-18(11-14-5-6-21-13-14)22-7-9-23(10-8-22)19(25)16-12-15-3-1-2-4-17(15)27-20(16)26/h1-6,12-13,21H,7-11H2. The maximum absolute atomic E-state index is 12.8. The first-order chi connectivity index (χ1) is 13.1. The number of fused-ring (bicyclic) bond motifs is 1. The second-order valence-electron chi connectivity index (χ2n) is 6.55. The van der Waals surface area contributed by atoms with E-state index in [1.807, 2.05) is 12.1 Å². The highest BCUT2D eigenvalue weighted by Crippen LogP contribution is 2.15. The molecule has 0 atom stereocenters. The lowest BCUT2D eigenvalue weighted by molar-refractivity contribution is -0.131. The maximum atomic E-state index is 12.8. The molecule has 4 rings (SSSR count). The monoisotopic (exact) mass is 365 g/mol. The van der Waals surface area contributed by atoms with E-state index in [0.717, 1.165) is 5.56 Å². The van der Waals surface area contributed by atoms with Crippen LogP contribution in [0.3, 0.4) is 0 Å². The van der Waals surface area contributed by atoms with Gasteiger partial charge in [-0.25, -0.2) is 4.79 Å². The summed E-state index contributed by atoms with van der Waals surface area (Å²) in [5.74, 6) is -0.320. The quantitative estimate of drug-likeness (QED) is 0.715. The topological polar surface area (TPSA) is 86.6 Å². The second kappa shape index (κ2) is 7.11. The Bertz CT molecular complexity index is 1030. The van der Waals surface area contributed by atoms with Crippen LogP contribution in [-0.4, -0.2) is 52.8 Å². The van der Waals surface area contributed by atoms with E-state index in [-0.39, 0.29) is 17.4 Å². The third-order valence-corrected chi connectivity index (χ3v) is 4.81. The van der Waals surface area contributed by atoms with Gasteiger partial charge in [-0.3, -0.25) is 9.59 Å². The molecule has 27 heavy (non-hydrogen) atoms. The largest absolute Gasteiger partial charge is 0.422 e. The zero-order valence-electron chi connectivity index (χ0n) is 14.7. The Morgan fingerprint density at radius 2 is 1.78 bits per heavy atom. The number of aromatic amines is 1. The van der Waals surface area contributed by atoms with Crippen LogP contribution in [0.15, 0.2) is 58.0 Å². The molecule has 7 heteroatoms. The van der Waals surface area contributed by atoms with Gasteiger partial charge in [-0.15, -0.1) is 0 Å². The smallest absolute Gasteiger partial charge is 0.349 e. The van der Waals surface area contributed by atoms with Gasteiger partial charge < -0.3 is 19.2 Å². The number of benzene rings is 1. The lowest BCUT2D eigenvalue weighted by atomic mass is 10.1. The minimum absolute atomic E-state index is 0.0285. The Kier molecular flexibility index (Phi) is 4.50. The molecule has 1 N–H and O–H groups in total. The third-order valence-electron chi connectivity index (χ3n) is 4.81. The molecule has 138 valence electrons. The number of hydrogen-bond donors (Lipinski definition) is 1. The van der Waals surface area contributed by atoms with Crippen molar-refractivity contribution in [2.45, 2.75) is 6.42 Å². The molecule has 1 aliphatic rings. The second-order valence-corrected chi connectivity index (χ2v) is 6.55. The predicted octanol–water partition coefficient (Wildman–Crippen LogP) is 1.65. The van der Waals surface area contributed by atoms with Gasteiger partial charge in [0, 0.05) is 44.0 Å². The minimum Gasteiger partial charge on any atom is -0.422 e. The van der Waals surface area contributed by atoms with Crippen LogP contribution in [0.2, 0.25) is 0 Å². The summed E-state index contributed by atoms with van der Waals surface area (Å²) in [7, 11) is 0. The van der Waals surface area contributed by atoms with Crippen LogP contribution in [0.4, 0.5) is 0 Å². The summed E-state index contributed by atoms with van der Waals surface area (Å²) in [6.45, 7) is 1.69. The number of carbonyl (C=O) groups is 2. The first-order valence-electron chi connectivity index (χ1n) is 8.83. The normalized spacial score (nSPS) is 14.5. The van der Waals surface area contributed by atoms with Crippen molar-refractivity contribution in [1.82, 2.24) is 14.8 Å². The molecule has 0 spiro atoms. The SMILES string of the molecule is O=C(Cc1cc[nH]c1)N1CCN(C(=O)c2cc3ccccc3oc2=O)CC1. The Labute approximate surface area is 155 Å². The fourth-order valence-corrected chi connectivity index (χ4v) is 3.30. The van der Waals surface area contributed by atoms with Crippen molar-refractivity contribution < 1.29 is 14.0 Å². The summed E-state index contributed by atoms with van der Waals surface area (Å²) in [5, 5.41) is 0.709. The molecule has 0 aliphatic carbocycles. The van der Waals surface area contributed by atoms with Gasteiger partial charge in [0.05, 0.1) is 6.42 Å². The van der Waals surface area contributed by atoms with Gasteiger partial charge in [0.25, 0.3) is 5.91 Å². The number of aromatic nitrogens is 1. The molecular weight excluding hydrogens is 346 g/mol. The van der Waals surface area contributed by atoms with Crippen molar-refractivity contribution in [3.63, 3.8) is 0 Å². The molecule has 0 unspecified atom stereocenters. The Morgan fingerprint density at radius 1 is 1.04 bits per heavy atom. The Hall–Kier alpha value is -3.35. The van der Waals surface area contributed by atoms with Crippen molar-refractivity contribution in [1.29, 1.82) is 0 Å². The average Bonchev–Trinajstić information content (AvgIpc) is 3.20. The van der Waals surface area contributed by atoms with E-state index in [4.69, 9.17) is 4.42 Å². The summed E-state index contributed by atoms with van der Waals surface area (Å²) in [6, 6.07) is 10.5. The summed E-state index contributed by atoms with van der Waals surface area (Å²) in [6.07, 6.45) is 3.93. The molecule has 3 aromatic rings. The molecule has 3 heterocycles. The number of H-pyrrole nitrogens is 1. The van der Waals surface area contributed by atoms with Gasteiger partial charge in [0.1, 0.15) is 11.1 Å². The molecule has 0 saturated carbocycles. The number of amides is 2. The predicted molar refractivity (Wildman–Crippen MR) is 99.5 cm³/mol. The van der Waals surface area contributed by atoms with Gasteiger partial charge in [-0.2, -0.15) is 0 Å².